The van der Waals surface area contributed by atoms with Crippen LogP contribution in [0.2, 0.25) is 0 Å². The van der Waals surface area contributed by atoms with Gasteiger partial charge >= 0.3 is 0 Å². The Hall–Kier alpha value is -0.740. The Balaban J connectivity index is 2.16. The molecule has 1 aliphatic rings. The minimum absolute atomic E-state index is 0.377. The first-order chi connectivity index (χ1) is 10.3. The second kappa shape index (κ2) is 8.64. The summed E-state index contributed by atoms with van der Waals surface area (Å²) in [5.41, 5.74) is 1.28. The van der Waals surface area contributed by atoms with Gasteiger partial charge in [0.05, 0.1) is 0 Å². The van der Waals surface area contributed by atoms with Crippen LogP contribution in [0.5, 0.6) is 11.5 Å². The van der Waals surface area contributed by atoms with Crippen molar-refractivity contribution in [3.05, 3.63) is 22.2 Å². The third-order valence-electron chi connectivity index (χ3n) is 3.77. The number of rotatable bonds is 8. The van der Waals surface area contributed by atoms with Gasteiger partial charge in [0.15, 0.2) is 11.5 Å². The van der Waals surface area contributed by atoms with Gasteiger partial charge in [0.1, 0.15) is 13.2 Å². The predicted octanol–water partition coefficient (Wildman–Crippen LogP) is 4.84. The van der Waals surface area contributed by atoms with Crippen molar-refractivity contribution in [1.82, 2.24) is 5.32 Å². The summed E-state index contributed by atoms with van der Waals surface area (Å²) in [5, 5.41) is 3.67. The van der Waals surface area contributed by atoms with Crippen LogP contribution in [0.1, 0.15) is 57.6 Å². The molecule has 0 spiro atoms. The summed E-state index contributed by atoms with van der Waals surface area (Å²) in [5.74, 6) is 1.72. The van der Waals surface area contributed by atoms with Gasteiger partial charge < -0.3 is 14.8 Å². The molecule has 21 heavy (non-hydrogen) atoms. The molecule has 1 N–H and O–H groups in total. The SMILES string of the molecule is CCCCCC(NCCC)c1cc2c(cc1Br)OCCO2. The molecule has 3 nitrogen and oxygen atoms in total. The zero-order valence-corrected chi connectivity index (χ0v) is 14.7. The minimum atomic E-state index is 0.377. The number of unbranched alkanes of at least 4 members (excludes halogenated alkanes) is 2. The lowest BCUT2D eigenvalue weighted by atomic mass is 9.99. The molecule has 1 unspecified atom stereocenters. The lowest BCUT2D eigenvalue weighted by Crippen LogP contribution is -2.23. The van der Waals surface area contributed by atoms with E-state index in [1.807, 2.05) is 6.07 Å². The molecular formula is C17H26BrNO2. The number of ether oxygens (including phenoxy) is 2. The van der Waals surface area contributed by atoms with Crippen LogP contribution in [-0.4, -0.2) is 19.8 Å². The molecule has 1 atom stereocenters. The fraction of sp³-hybridized carbons (Fsp3) is 0.647. The highest BCUT2D eigenvalue weighted by molar-refractivity contribution is 9.10. The average molecular weight is 356 g/mol. The zero-order chi connectivity index (χ0) is 15.1. The zero-order valence-electron chi connectivity index (χ0n) is 13.1. The molecule has 1 heterocycles. The summed E-state index contributed by atoms with van der Waals surface area (Å²) in [6.45, 7) is 6.75. The van der Waals surface area contributed by atoms with Crippen molar-refractivity contribution in [3.63, 3.8) is 0 Å². The van der Waals surface area contributed by atoms with Crippen LogP contribution in [-0.2, 0) is 0 Å². The van der Waals surface area contributed by atoms with Gasteiger partial charge in [-0.3, -0.25) is 0 Å². The number of fused-ring (bicyclic) bond motifs is 1. The quantitative estimate of drug-likeness (QED) is 0.676. The maximum absolute atomic E-state index is 5.73. The number of hydrogen-bond donors (Lipinski definition) is 1. The third-order valence-corrected chi connectivity index (χ3v) is 4.46. The van der Waals surface area contributed by atoms with E-state index in [1.54, 1.807) is 0 Å². The Bertz CT molecular complexity index is 451. The highest BCUT2D eigenvalue weighted by atomic mass is 79.9. The minimum Gasteiger partial charge on any atom is -0.486 e. The topological polar surface area (TPSA) is 30.5 Å². The molecule has 0 saturated carbocycles. The van der Waals surface area contributed by atoms with Crippen molar-refractivity contribution in [1.29, 1.82) is 0 Å². The van der Waals surface area contributed by atoms with E-state index >= 15 is 0 Å². The molecule has 1 aromatic carbocycles. The van der Waals surface area contributed by atoms with Crippen molar-refractivity contribution >= 4 is 15.9 Å². The molecule has 0 radical (unpaired) electrons. The summed E-state index contributed by atoms with van der Waals surface area (Å²) < 4.78 is 12.5. The van der Waals surface area contributed by atoms with Gasteiger partial charge in [0.25, 0.3) is 0 Å². The van der Waals surface area contributed by atoms with Gasteiger partial charge in [-0.25, -0.2) is 0 Å². The van der Waals surface area contributed by atoms with Gasteiger partial charge in [-0.15, -0.1) is 0 Å². The van der Waals surface area contributed by atoms with E-state index in [9.17, 15) is 0 Å². The Morgan fingerprint density at radius 3 is 2.48 bits per heavy atom. The first-order valence-corrected chi connectivity index (χ1v) is 8.88. The summed E-state index contributed by atoms with van der Waals surface area (Å²) in [6, 6.07) is 4.56. The summed E-state index contributed by atoms with van der Waals surface area (Å²) >= 11 is 3.70. The third kappa shape index (κ3) is 4.62. The number of nitrogens with one attached hydrogen (secondary N) is 1. The van der Waals surface area contributed by atoms with Gasteiger partial charge in [-0.1, -0.05) is 49.0 Å². The van der Waals surface area contributed by atoms with Gasteiger partial charge in [-0.2, -0.15) is 0 Å². The van der Waals surface area contributed by atoms with Crippen LogP contribution in [0, 0.1) is 0 Å². The molecule has 1 aliphatic heterocycles. The average Bonchev–Trinajstić information content (AvgIpc) is 2.50. The molecule has 0 amide bonds. The fourth-order valence-electron chi connectivity index (χ4n) is 2.63. The van der Waals surface area contributed by atoms with Crippen molar-refractivity contribution in [2.24, 2.45) is 0 Å². The van der Waals surface area contributed by atoms with E-state index in [4.69, 9.17) is 9.47 Å². The summed E-state index contributed by atoms with van der Waals surface area (Å²) in [6.07, 6.45) is 6.09. The number of hydrogen-bond acceptors (Lipinski definition) is 3. The first kappa shape index (κ1) is 16.6. The van der Waals surface area contributed by atoms with E-state index in [-0.39, 0.29) is 0 Å². The molecule has 1 aromatic rings. The van der Waals surface area contributed by atoms with Crippen molar-refractivity contribution in [2.45, 2.75) is 52.0 Å². The Morgan fingerprint density at radius 2 is 1.81 bits per heavy atom. The highest BCUT2D eigenvalue weighted by Crippen LogP contribution is 2.39. The van der Waals surface area contributed by atoms with Crippen molar-refractivity contribution < 1.29 is 9.47 Å². The molecule has 4 heteroatoms. The lowest BCUT2D eigenvalue weighted by Gasteiger charge is -2.24. The normalized spacial score (nSPS) is 15.0. The smallest absolute Gasteiger partial charge is 0.162 e. The molecule has 0 saturated heterocycles. The predicted molar refractivity (Wildman–Crippen MR) is 90.3 cm³/mol. The first-order valence-electron chi connectivity index (χ1n) is 8.08. The van der Waals surface area contributed by atoms with Crippen molar-refractivity contribution in [3.8, 4) is 11.5 Å². The molecule has 118 valence electrons. The van der Waals surface area contributed by atoms with Gasteiger partial charge in [-0.05, 0) is 37.1 Å². The molecule has 0 aromatic heterocycles. The van der Waals surface area contributed by atoms with E-state index in [0.29, 0.717) is 19.3 Å². The standard InChI is InChI=1S/C17H26BrNO2/c1-3-5-6-7-15(19-8-4-2)13-11-16-17(12-14(13)18)21-10-9-20-16/h11-12,15,19H,3-10H2,1-2H3. The fourth-order valence-corrected chi connectivity index (χ4v) is 3.23. The molecule has 0 aliphatic carbocycles. The van der Waals surface area contributed by atoms with E-state index in [1.165, 1.54) is 24.8 Å². The van der Waals surface area contributed by atoms with Crippen molar-refractivity contribution in [2.75, 3.05) is 19.8 Å². The largest absolute Gasteiger partial charge is 0.486 e. The van der Waals surface area contributed by atoms with E-state index < -0.39 is 0 Å². The van der Waals surface area contributed by atoms with Crippen LogP contribution >= 0.6 is 15.9 Å². The second-order valence-corrected chi connectivity index (χ2v) is 6.37. The molecule has 2 rings (SSSR count). The highest BCUT2D eigenvalue weighted by Gasteiger charge is 2.19. The maximum Gasteiger partial charge on any atom is 0.162 e. The van der Waals surface area contributed by atoms with Crippen LogP contribution in [0.3, 0.4) is 0 Å². The van der Waals surface area contributed by atoms with Crippen LogP contribution in [0.15, 0.2) is 16.6 Å². The van der Waals surface area contributed by atoms with Crippen LogP contribution < -0.4 is 14.8 Å². The lowest BCUT2D eigenvalue weighted by molar-refractivity contribution is 0.171. The monoisotopic (exact) mass is 355 g/mol. The number of halogens is 1. The Labute approximate surface area is 136 Å². The second-order valence-electron chi connectivity index (χ2n) is 5.52. The van der Waals surface area contributed by atoms with Crippen LogP contribution in [0.25, 0.3) is 0 Å². The van der Waals surface area contributed by atoms with E-state index in [0.717, 1.165) is 35.4 Å². The Morgan fingerprint density at radius 1 is 1.10 bits per heavy atom. The maximum atomic E-state index is 5.73. The van der Waals surface area contributed by atoms with Crippen LogP contribution in [0.4, 0.5) is 0 Å². The Kier molecular flexibility index (Phi) is 6.84. The summed E-state index contributed by atoms with van der Waals surface area (Å²) in [7, 11) is 0. The van der Waals surface area contributed by atoms with E-state index in [2.05, 4.69) is 41.2 Å². The molecule has 0 fully saturated rings. The molecular weight excluding hydrogens is 330 g/mol. The number of benzene rings is 1. The van der Waals surface area contributed by atoms with Gasteiger partial charge in [0, 0.05) is 10.5 Å². The summed E-state index contributed by atoms with van der Waals surface area (Å²) in [4.78, 5) is 0. The van der Waals surface area contributed by atoms with Gasteiger partial charge in [0.2, 0.25) is 0 Å². The molecule has 0 bridgehead atoms.